The fourth-order valence-electron chi connectivity index (χ4n) is 1.26. The van der Waals surface area contributed by atoms with Crippen molar-refractivity contribution < 1.29 is 26.3 Å². The van der Waals surface area contributed by atoms with Crippen LogP contribution in [0.1, 0.15) is 16.7 Å². The lowest BCUT2D eigenvalue weighted by atomic mass is 10.0. The topological polar surface area (TPSA) is 26.0 Å². The minimum absolute atomic E-state index is 0.0233. The highest BCUT2D eigenvalue weighted by atomic mass is 35.5. The smallest absolute Gasteiger partial charge is 0.326 e. The van der Waals surface area contributed by atoms with Crippen LogP contribution < -0.4 is 5.73 Å². The average Bonchev–Trinajstić information content (AvgIpc) is 2.13. The Morgan fingerprint density at radius 3 is 1.76 bits per heavy atom. The van der Waals surface area contributed by atoms with E-state index in [0.29, 0.717) is 6.07 Å². The third-order valence-electron chi connectivity index (χ3n) is 2.02. The largest absolute Gasteiger partial charge is 0.417 e. The lowest BCUT2D eigenvalue weighted by Gasteiger charge is -2.16. The Kier molecular flexibility index (Phi) is 3.63. The Morgan fingerprint density at radius 1 is 0.941 bits per heavy atom. The molecular formula is C9H6ClF6N. The van der Waals surface area contributed by atoms with Crippen molar-refractivity contribution in [2.45, 2.75) is 18.9 Å². The Morgan fingerprint density at radius 2 is 1.41 bits per heavy atom. The van der Waals surface area contributed by atoms with E-state index in [1.807, 2.05) is 0 Å². The highest BCUT2D eigenvalue weighted by Crippen LogP contribution is 2.40. The van der Waals surface area contributed by atoms with E-state index in [1.54, 1.807) is 0 Å². The van der Waals surface area contributed by atoms with E-state index in [1.165, 1.54) is 0 Å². The van der Waals surface area contributed by atoms with Gasteiger partial charge in [0, 0.05) is 6.54 Å². The number of alkyl halides is 6. The number of nitrogens with two attached hydrogens (primary N) is 1. The maximum atomic E-state index is 12.5. The van der Waals surface area contributed by atoms with Crippen LogP contribution in [0.2, 0.25) is 5.02 Å². The van der Waals surface area contributed by atoms with Gasteiger partial charge in [0.15, 0.2) is 0 Å². The van der Waals surface area contributed by atoms with Crippen molar-refractivity contribution in [3.63, 3.8) is 0 Å². The highest BCUT2D eigenvalue weighted by molar-refractivity contribution is 6.31. The second kappa shape index (κ2) is 4.38. The van der Waals surface area contributed by atoms with Gasteiger partial charge in [0.05, 0.1) is 16.1 Å². The van der Waals surface area contributed by atoms with Crippen LogP contribution in [0, 0.1) is 0 Å². The van der Waals surface area contributed by atoms with Crippen molar-refractivity contribution in [2.24, 2.45) is 5.73 Å². The molecule has 0 aliphatic rings. The molecule has 1 nitrogen and oxygen atoms in total. The molecule has 0 amide bonds. The molecule has 0 saturated heterocycles. The van der Waals surface area contributed by atoms with Crippen molar-refractivity contribution >= 4 is 11.6 Å². The predicted octanol–water partition coefficient (Wildman–Crippen LogP) is 3.84. The normalized spacial score (nSPS) is 12.9. The summed E-state index contributed by atoms with van der Waals surface area (Å²) in [5.74, 6) is 0. The second-order valence-corrected chi connectivity index (χ2v) is 3.60. The summed E-state index contributed by atoms with van der Waals surface area (Å²) < 4.78 is 74.5. The zero-order valence-electron chi connectivity index (χ0n) is 8.08. The maximum Gasteiger partial charge on any atom is 0.417 e. The van der Waals surface area contributed by atoms with E-state index >= 15 is 0 Å². The first kappa shape index (κ1) is 14.1. The first-order chi connectivity index (χ1) is 7.57. The number of hydrogen-bond donors (Lipinski definition) is 1. The molecule has 0 aliphatic heterocycles. The van der Waals surface area contributed by atoms with Crippen LogP contribution in [-0.4, -0.2) is 0 Å². The SMILES string of the molecule is NCc1cc(Cl)c(C(F)(F)F)cc1C(F)(F)F. The zero-order chi connectivity index (χ0) is 13.4. The fourth-order valence-corrected chi connectivity index (χ4v) is 1.56. The van der Waals surface area contributed by atoms with Gasteiger partial charge in [0.25, 0.3) is 0 Å². The Balaban J connectivity index is 3.49. The average molecular weight is 278 g/mol. The van der Waals surface area contributed by atoms with Gasteiger partial charge in [-0.25, -0.2) is 0 Å². The van der Waals surface area contributed by atoms with Gasteiger partial charge in [-0.1, -0.05) is 11.6 Å². The molecule has 2 N–H and O–H groups in total. The predicted molar refractivity (Wildman–Crippen MR) is 49.3 cm³/mol. The molecule has 0 radical (unpaired) electrons. The number of halogens is 7. The van der Waals surface area contributed by atoms with Gasteiger partial charge in [-0.05, 0) is 17.7 Å². The molecule has 0 saturated carbocycles. The van der Waals surface area contributed by atoms with Crippen molar-refractivity contribution in [3.8, 4) is 0 Å². The molecule has 1 aromatic carbocycles. The third-order valence-corrected chi connectivity index (χ3v) is 2.34. The number of rotatable bonds is 1. The third kappa shape index (κ3) is 3.04. The first-order valence-electron chi connectivity index (χ1n) is 4.24. The monoisotopic (exact) mass is 277 g/mol. The summed E-state index contributed by atoms with van der Waals surface area (Å²) in [6, 6.07) is 0.567. The molecule has 0 atom stereocenters. The van der Waals surface area contributed by atoms with Crippen LogP contribution in [0.25, 0.3) is 0 Å². The highest BCUT2D eigenvalue weighted by Gasteiger charge is 2.39. The zero-order valence-corrected chi connectivity index (χ0v) is 8.84. The maximum absolute atomic E-state index is 12.5. The van der Waals surface area contributed by atoms with E-state index < -0.39 is 40.6 Å². The van der Waals surface area contributed by atoms with Crippen LogP contribution in [-0.2, 0) is 18.9 Å². The second-order valence-electron chi connectivity index (χ2n) is 3.19. The lowest BCUT2D eigenvalue weighted by molar-refractivity contribution is -0.143. The van der Waals surface area contributed by atoms with E-state index in [2.05, 4.69) is 0 Å². The van der Waals surface area contributed by atoms with Crippen molar-refractivity contribution in [1.29, 1.82) is 0 Å². The van der Waals surface area contributed by atoms with Crippen molar-refractivity contribution in [3.05, 3.63) is 33.8 Å². The molecule has 0 heterocycles. The van der Waals surface area contributed by atoms with Gasteiger partial charge in [-0.2, -0.15) is 26.3 Å². The standard InChI is InChI=1S/C9H6ClF6N/c10-7-1-4(3-17)5(8(11,12)13)2-6(7)9(14,15)16/h1-2H,3,17H2. The van der Waals surface area contributed by atoms with Crippen LogP contribution in [0.4, 0.5) is 26.3 Å². The van der Waals surface area contributed by atoms with Crippen LogP contribution in [0.5, 0.6) is 0 Å². The summed E-state index contributed by atoms with van der Waals surface area (Å²) in [4.78, 5) is 0. The van der Waals surface area contributed by atoms with Gasteiger partial charge < -0.3 is 5.73 Å². The Bertz CT molecular complexity index is 423. The number of benzene rings is 1. The van der Waals surface area contributed by atoms with Gasteiger partial charge in [0.2, 0.25) is 0 Å². The summed E-state index contributed by atoms with van der Waals surface area (Å²) in [6.07, 6.45) is -9.84. The molecule has 0 unspecified atom stereocenters. The minimum Gasteiger partial charge on any atom is -0.326 e. The molecule has 96 valence electrons. The summed E-state index contributed by atoms with van der Waals surface area (Å²) in [5.41, 5.74) is 1.61. The molecule has 8 heteroatoms. The van der Waals surface area contributed by atoms with Crippen LogP contribution >= 0.6 is 11.6 Å². The summed E-state index contributed by atoms with van der Waals surface area (Å²) in [7, 11) is 0. The fraction of sp³-hybridized carbons (Fsp3) is 0.333. The summed E-state index contributed by atoms with van der Waals surface area (Å²) >= 11 is 5.27. The van der Waals surface area contributed by atoms with Gasteiger partial charge in [0.1, 0.15) is 0 Å². The van der Waals surface area contributed by atoms with Crippen LogP contribution in [0.3, 0.4) is 0 Å². The quantitative estimate of drug-likeness (QED) is 0.776. The first-order valence-corrected chi connectivity index (χ1v) is 4.62. The number of hydrogen-bond acceptors (Lipinski definition) is 1. The molecule has 1 rings (SSSR count). The molecule has 1 aromatic rings. The van der Waals surface area contributed by atoms with E-state index in [0.717, 1.165) is 0 Å². The van der Waals surface area contributed by atoms with Gasteiger partial charge in [-0.3, -0.25) is 0 Å². The molecule has 0 fully saturated rings. The minimum atomic E-state index is -4.94. The van der Waals surface area contributed by atoms with Crippen LogP contribution in [0.15, 0.2) is 12.1 Å². The Labute approximate surface area is 97.2 Å². The van der Waals surface area contributed by atoms with Gasteiger partial charge in [-0.15, -0.1) is 0 Å². The van der Waals surface area contributed by atoms with Crippen molar-refractivity contribution in [1.82, 2.24) is 0 Å². The summed E-state index contributed by atoms with van der Waals surface area (Å²) in [6.45, 7) is -0.549. The Hall–Kier alpha value is -0.950. The lowest BCUT2D eigenvalue weighted by Crippen LogP contribution is -2.15. The molecule has 0 bridgehead atoms. The van der Waals surface area contributed by atoms with Gasteiger partial charge >= 0.3 is 12.4 Å². The molecular weight excluding hydrogens is 272 g/mol. The van der Waals surface area contributed by atoms with E-state index in [9.17, 15) is 26.3 Å². The molecule has 0 aromatic heterocycles. The van der Waals surface area contributed by atoms with E-state index in [-0.39, 0.29) is 6.07 Å². The molecule has 17 heavy (non-hydrogen) atoms. The molecule has 0 spiro atoms. The molecule has 0 aliphatic carbocycles. The van der Waals surface area contributed by atoms with E-state index in [4.69, 9.17) is 17.3 Å². The summed E-state index contributed by atoms with van der Waals surface area (Å²) in [5, 5.41) is -0.800. The van der Waals surface area contributed by atoms with Crippen molar-refractivity contribution in [2.75, 3.05) is 0 Å².